The number of nitrogens with zero attached hydrogens (tertiary/aromatic N) is 1. The molecule has 1 heterocycles. The zero-order valence-corrected chi connectivity index (χ0v) is 10.2. The van der Waals surface area contributed by atoms with E-state index in [1.807, 2.05) is 0 Å². The number of thiazole rings is 1. The summed E-state index contributed by atoms with van der Waals surface area (Å²) in [5.74, 6) is -0.491. The van der Waals surface area contributed by atoms with Crippen LogP contribution in [0.4, 0.5) is 0 Å². The summed E-state index contributed by atoms with van der Waals surface area (Å²) in [4.78, 5) is 14.9. The van der Waals surface area contributed by atoms with Crippen molar-refractivity contribution in [2.24, 2.45) is 11.5 Å². The standard InChI is InChI=1S/C10H16N5OS/c11-9(16)7-6-17-8(15-7)4-2-1-3-5-14-10(12)13/h2,6H,1,3-5H2,(H2,11,16)(H4,12,13,14). The number of primary amides is 1. The van der Waals surface area contributed by atoms with Gasteiger partial charge in [0, 0.05) is 18.3 Å². The molecule has 1 rings (SSSR count). The molecule has 0 aliphatic carbocycles. The number of carbonyl (C=O) groups is 1. The molecule has 6 nitrogen and oxygen atoms in total. The molecule has 17 heavy (non-hydrogen) atoms. The molecule has 0 saturated carbocycles. The number of nitrogens with two attached hydrogens (primary N) is 2. The predicted octanol–water partition coefficient (Wildman–Crippen LogP) is 0.252. The first-order chi connectivity index (χ1) is 8.09. The summed E-state index contributed by atoms with van der Waals surface area (Å²) in [5.41, 5.74) is 10.6. The minimum atomic E-state index is -0.488. The number of hydrogen-bond acceptors (Lipinski definition) is 4. The van der Waals surface area contributed by atoms with Crippen molar-refractivity contribution >= 4 is 23.2 Å². The lowest BCUT2D eigenvalue weighted by Gasteiger charge is -2.02. The molecule has 0 spiro atoms. The van der Waals surface area contributed by atoms with Crippen LogP contribution in [0.15, 0.2) is 5.38 Å². The Morgan fingerprint density at radius 3 is 2.94 bits per heavy atom. The summed E-state index contributed by atoms with van der Waals surface area (Å²) in [5, 5.41) is 12.2. The first-order valence-corrected chi connectivity index (χ1v) is 6.11. The van der Waals surface area contributed by atoms with Crippen molar-refractivity contribution in [2.45, 2.75) is 19.3 Å². The van der Waals surface area contributed by atoms with Crippen LogP contribution in [0, 0.1) is 11.8 Å². The molecule has 1 aromatic rings. The van der Waals surface area contributed by atoms with Crippen molar-refractivity contribution in [1.29, 1.82) is 5.41 Å². The van der Waals surface area contributed by atoms with Crippen molar-refractivity contribution < 1.29 is 4.79 Å². The molecule has 0 aliphatic rings. The molecule has 0 aromatic carbocycles. The third-order valence-corrected chi connectivity index (χ3v) is 2.89. The van der Waals surface area contributed by atoms with Crippen LogP contribution in [0.1, 0.15) is 28.3 Å². The Morgan fingerprint density at radius 1 is 1.59 bits per heavy atom. The number of nitrogens with one attached hydrogen (secondary N) is 2. The number of hydrogen-bond donors (Lipinski definition) is 4. The fourth-order valence-electron chi connectivity index (χ4n) is 1.21. The van der Waals surface area contributed by atoms with Crippen LogP contribution in [0.25, 0.3) is 0 Å². The van der Waals surface area contributed by atoms with Gasteiger partial charge in [-0.25, -0.2) is 4.98 Å². The minimum Gasteiger partial charge on any atom is -0.370 e. The Kier molecular flexibility index (Phi) is 5.41. The highest BCUT2D eigenvalue weighted by molar-refractivity contribution is 7.09. The molecule has 0 atom stereocenters. The molecule has 0 saturated heterocycles. The molecule has 93 valence electrons. The molecular weight excluding hydrogens is 238 g/mol. The molecule has 0 aliphatic heterocycles. The van der Waals surface area contributed by atoms with Gasteiger partial charge >= 0.3 is 0 Å². The highest BCUT2D eigenvalue weighted by Gasteiger charge is 2.06. The van der Waals surface area contributed by atoms with Gasteiger partial charge in [-0.3, -0.25) is 10.2 Å². The summed E-state index contributed by atoms with van der Waals surface area (Å²) in [6.07, 6.45) is 4.64. The van der Waals surface area contributed by atoms with E-state index in [2.05, 4.69) is 16.7 Å². The number of aromatic nitrogens is 1. The summed E-state index contributed by atoms with van der Waals surface area (Å²) in [6, 6.07) is 0. The van der Waals surface area contributed by atoms with E-state index in [1.54, 1.807) is 5.38 Å². The maximum atomic E-state index is 10.8. The van der Waals surface area contributed by atoms with Gasteiger partial charge in [0.05, 0.1) is 5.01 Å². The lowest BCUT2D eigenvalue weighted by atomic mass is 10.2. The maximum Gasteiger partial charge on any atom is 0.268 e. The second-order valence-electron chi connectivity index (χ2n) is 3.47. The normalized spacial score (nSPS) is 10.1. The fraction of sp³-hybridized carbons (Fsp3) is 0.400. The van der Waals surface area contributed by atoms with Crippen LogP contribution in [0.5, 0.6) is 0 Å². The van der Waals surface area contributed by atoms with Gasteiger partial charge in [-0.05, 0) is 19.3 Å². The zero-order chi connectivity index (χ0) is 12.7. The molecule has 6 N–H and O–H groups in total. The van der Waals surface area contributed by atoms with Crippen LogP contribution in [0.2, 0.25) is 0 Å². The predicted molar refractivity (Wildman–Crippen MR) is 67.8 cm³/mol. The molecule has 0 fully saturated rings. The average molecular weight is 254 g/mol. The molecule has 1 amide bonds. The van der Waals surface area contributed by atoms with Crippen molar-refractivity contribution in [2.75, 3.05) is 6.54 Å². The largest absolute Gasteiger partial charge is 0.370 e. The van der Waals surface area contributed by atoms with Gasteiger partial charge in [-0.1, -0.05) is 0 Å². The maximum absolute atomic E-state index is 10.8. The average Bonchev–Trinajstić information content (AvgIpc) is 2.71. The number of carbonyl (C=O) groups excluding carboxylic acids is 1. The van der Waals surface area contributed by atoms with Crippen molar-refractivity contribution in [3.05, 3.63) is 22.5 Å². The van der Waals surface area contributed by atoms with Crippen LogP contribution in [-0.2, 0) is 6.42 Å². The van der Waals surface area contributed by atoms with E-state index in [-0.39, 0.29) is 5.96 Å². The molecular formula is C10H16N5OS. The quantitative estimate of drug-likeness (QED) is 0.317. The Balaban J connectivity index is 2.13. The Bertz CT molecular complexity index is 390. The van der Waals surface area contributed by atoms with Gasteiger partial charge in [0.1, 0.15) is 5.69 Å². The Labute approximate surface area is 104 Å². The van der Waals surface area contributed by atoms with E-state index < -0.39 is 5.91 Å². The third kappa shape index (κ3) is 5.30. The van der Waals surface area contributed by atoms with Gasteiger partial charge in [-0.15, -0.1) is 11.3 Å². The summed E-state index contributed by atoms with van der Waals surface area (Å²) < 4.78 is 0. The second kappa shape index (κ2) is 6.85. The number of amides is 1. The lowest BCUT2D eigenvalue weighted by molar-refractivity contribution is 0.0996. The van der Waals surface area contributed by atoms with E-state index in [1.165, 1.54) is 11.3 Å². The molecule has 0 bridgehead atoms. The van der Waals surface area contributed by atoms with Crippen molar-refractivity contribution in [3.63, 3.8) is 0 Å². The number of guanidine groups is 1. The van der Waals surface area contributed by atoms with Crippen LogP contribution in [0.3, 0.4) is 0 Å². The van der Waals surface area contributed by atoms with E-state index in [4.69, 9.17) is 16.9 Å². The fourth-order valence-corrected chi connectivity index (χ4v) is 1.99. The first kappa shape index (κ1) is 13.4. The topological polar surface area (TPSA) is 118 Å². The zero-order valence-electron chi connectivity index (χ0n) is 9.40. The monoisotopic (exact) mass is 254 g/mol. The second-order valence-corrected chi connectivity index (χ2v) is 4.41. The van der Waals surface area contributed by atoms with Crippen molar-refractivity contribution in [1.82, 2.24) is 10.3 Å². The molecule has 1 radical (unpaired) electrons. The number of unbranched alkanes of at least 4 members (excludes halogenated alkanes) is 2. The number of rotatable bonds is 7. The van der Waals surface area contributed by atoms with E-state index in [0.717, 1.165) is 24.3 Å². The minimum absolute atomic E-state index is 0.00368. The third-order valence-electron chi connectivity index (χ3n) is 2.02. The van der Waals surface area contributed by atoms with E-state index in [0.29, 0.717) is 12.2 Å². The van der Waals surface area contributed by atoms with Gasteiger partial charge in [0.15, 0.2) is 5.96 Å². The highest BCUT2D eigenvalue weighted by Crippen LogP contribution is 2.12. The Morgan fingerprint density at radius 2 is 2.35 bits per heavy atom. The lowest BCUT2D eigenvalue weighted by Crippen LogP contribution is -2.30. The van der Waals surface area contributed by atoms with Crippen molar-refractivity contribution in [3.8, 4) is 0 Å². The van der Waals surface area contributed by atoms with Gasteiger partial charge in [-0.2, -0.15) is 0 Å². The van der Waals surface area contributed by atoms with E-state index in [9.17, 15) is 4.79 Å². The van der Waals surface area contributed by atoms with Crippen LogP contribution in [-0.4, -0.2) is 23.4 Å². The molecule has 1 aromatic heterocycles. The molecule has 7 heteroatoms. The van der Waals surface area contributed by atoms with Crippen LogP contribution < -0.4 is 16.8 Å². The summed E-state index contributed by atoms with van der Waals surface area (Å²) in [7, 11) is 0. The van der Waals surface area contributed by atoms with Gasteiger partial charge in [0.25, 0.3) is 5.91 Å². The molecule has 0 unspecified atom stereocenters. The van der Waals surface area contributed by atoms with Crippen LogP contribution >= 0.6 is 11.3 Å². The van der Waals surface area contributed by atoms with E-state index >= 15 is 0 Å². The SMILES string of the molecule is N=C(N)NCCC[CH]Cc1nc(C(N)=O)cs1. The Hall–Kier alpha value is -1.63. The smallest absolute Gasteiger partial charge is 0.268 e. The van der Waals surface area contributed by atoms with Gasteiger partial charge < -0.3 is 16.8 Å². The summed E-state index contributed by atoms with van der Waals surface area (Å²) in [6.45, 7) is 0.691. The summed E-state index contributed by atoms with van der Waals surface area (Å²) >= 11 is 1.43. The van der Waals surface area contributed by atoms with Gasteiger partial charge in [0.2, 0.25) is 0 Å². The highest BCUT2D eigenvalue weighted by atomic mass is 32.1. The first-order valence-electron chi connectivity index (χ1n) is 5.23.